The molecule has 16 heteroatoms. The van der Waals surface area contributed by atoms with E-state index < -0.39 is 42.8 Å². The number of halogens is 1. The van der Waals surface area contributed by atoms with Gasteiger partial charge < -0.3 is 15.4 Å². The van der Waals surface area contributed by atoms with Crippen LogP contribution in [0.15, 0.2) is 6.07 Å². The van der Waals surface area contributed by atoms with Gasteiger partial charge in [-0.1, -0.05) is 15.9 Å². The number of hydrogen-bond donors (Lipinski definition) is 2. The highest BCUT2D eigenvalue weighted by atomic mass is 79.9. The second-order valence-corrected chi connectivity index (χ2v) is 10.1. The van der Waals surface area contributed by atoms with Gasteiger partial charge in [-0.25, -0.2) is 0 Å². The van der Waals surface area contributed by atoms with Crippen LogP contribution >= 0.6 is 15.9 Å². The summed E-state index contributed by atoms with van der Waals surface area (Å²) in [5.74, 6) is -0.933. The molecular weight excluding hydrogens is 554 g/mol. The van der Waals surface area contributed by atoms with Crippen LogP contribution in [-0.4, -0.2) is 93.2 Å². The number of anilines is 1. The van der Waals surface area contributed by atoms with Crippen molar-refractivity contribution in [1.29, 1.82) is 0 Å². The summed E-state index contributed by atoms with van der Waals surface area (Å²) in [7, 11) is -3.73. The highest BCUT2D eigenvalue weighted by Gasteiger charge is 2.37. The molecule has 1 aliphatic heterocycles. The number of carbonyl (C=O) groups is 1. The lowest BCUT2D eigenvalue weighted by Gasteiger charge is -2.26. The van der Waals surface area contributed by atoms with Crippen molar-refractivity contribution < 1.29 is 32.0 Å². The minimum absolute atomic E-state index is 0.113. The molecule has 1 heterocycles. The summed E-state index contributed by atoms with van der Waals surface area (Å²) >= 11 is 3.20. The third-order valence-corrected chi connectivity index (χ3v) is 6.05. The van der Waals surface area contributed by atoms with Crippen LogP contribution in [0.4, 0.5) is 17.1 Å². The molecule has 1 aliphatic rings. The molecule has 1 fully saturated rings. The van der Waals surface area contributed by atoms with Gasteiger partial charge in [0.15, 0.2) is 5.56 Å². The van der Waals surface area contributed by atoms with E-state index in [-0.39, 0.29) is 37.4 Å². The molecule has 0 saturated carbocycles. The summed E-state index contributed by atoms with van der Waals surface area (Å²) in [5, 5.41) is 29.3. The molecule has 0 aliphatic carbocycles. The maximum Gasteiger partial charge on any atom is 0.312 e. The Morgan fingerprint density at radius 2 is 1.86 bits per heavy atom. The van der Waals surface area contributed by atoms with Crippen LogP contribution in [0.25, 0.3) is 0 Å². The number of nitrogens with one attached hydrogen (secondary N) is 2. The topological polar surface area (TPSA) is 183 Å². The van der Waals surface area contributed by atoms with Gasteiger partial charge in [0.25, 0.3) is 21.7 Å². The molecular formula is C19H28BrN5O9S. The number of hydrogen-bond acceptors (Lipinski definition) is 11. The zero-order valence-corrected chi connectivity index (χ0v) is 21.6. The number of aryl methyl sites for hydroxylation is 1. The molecule has 0 bridgehead atoms. The van der Waals surface area contributed by atoms with Gasteiger partial charge in [0.1, 0.15) is 5.69 Å². The smallest absolute Gasteiger partial charge is 0.312 e. The van der Waals surface area contributed by atoms with Crippen LogP contribution in [0.1, 0.15) is 22.3 Å². The second-order valence-electron chi connectivity index (χ2n) is 7.63. The molecule has 1 aromatic carbocycles. The van der Waals surface area contributed by atoms with Crippen molar-refractivity contribution in [3.8, 4) is 0 Å². The summed E-state index contributed by atoms with van der Waals surface area (Å²) in [4.78, 5) is 37.3. The third-order valence-electron chi connectivity index (χ3n) is 5.06. The number of nitrogens with zero attached hydrogens (tertiary/aromatic N) is 3. The highest BCUT2D eigenvalue weighted by molar-refractivity contribution is 9.09. The van der Waals surface area contributed by atoms with Crippen molar-refractivity contribution in [2.45, 2.75) is 12.8 Å². The van der Waals surface area contributed by atoms with Crippen molar-refractivity contribution in [3.05, 3.63) is 37.4 Å². The Morgan fingerprint density at radius 3 is 2.43 bits per heavy atom. The Morgan fingerprint density at radius 1 is 1.20 bits per heavy atom. The Balaban J connectivity index is 2.31. The standard InChI is InChI=1S/C19H28BrN5O9S/c1-35(31,32)34-10-6-21-15-13-14(3-4-20)17(24(27)28)16(18(15)25(29)30)19(26)22-5-2-7-23-8-11-33-12-9-23/h13,21H,2-12H2,1H3,(H,22,26). The quantitative estimate of drug-likeness (QED) is 0.106. The first-order chi connectivity index (χ1) is 16.5. The molecule has 0 unspecified atom stereocenters. The van der Waals surface area contributed by atoms with Gasteiger partial charge in [-0.2, -0.15) is 8.42 Å². The van der Waals surface area contributed by atoms with E-state index in [4.69, 9.17) is 4.74 Å². The summed E-state index contributed by atoms with van der Waals surface area (Å²) < 4.78 is 32.2. The zero-order valence-electron chi connectivity index (χ0n) is 19.2. The molecule has 1 amide bonds. The van der Waals surface area contributed by atoms with Crippen LogP contribution in [0, 0.1) is 20.2 Å². The fourth-order valence-electron chi connectivity index (χ4n) is 3.56. The second kappa shape index (κ2) is 13.6. The van der Waals surface area contributed by atoms with Crippen molar-refractivity contribution in [1.82, 2.24) is 10.2 Å². The lowest BCUT2D eigenvalue weighted by Crippen LogP contribution is -2.38. The normalized spacial score (nSPS) is 14.5. The average Bonchev–Trinajstić information content (AvgIpc) is 2.78. The lowest BCUT2D eigenvalue weighted by atomic mass is 10.00. The van der Waals surface area contributed by atoms with Gasteiger partial charge in [0.2, 0.25) is 0 Å². The van der Waals surface area contributed by atoms with Gasteiger partial charge in [0.05, 0.1) is 35.9 Å². The van der Waals surface area contributed by atoms with Gasteiger partial charge in [-0.15, -0.1) is 0 Å². The molecule has 2 N–H and O–H groups in total. The summed E-state index contributed by atoms with van der Waals surface area (Å²) in [6, 6.07) is 1.23. The van der Waals surface area contributed by atoms with E-state index in [1.54, 1.807) is 0 Å². The summed E-state index contributed by atoms with van der Waals surface area (Å²) in [6.45, 7) is 3.12. The predicted molar refractivity (Wildman–Crippen MR) is 131 cm³/mol. The van der Waals surface area contributed by atoms with Crippen molar-refractivity contribution in [2.75, 3.05) is 69.4 Å². The number of nitro groups is 2. The van der Waals surface area contributed by atoms with Crippen LogP contribution in [0.3, 0.4) is 0 Å². The fraction of sp³-hybridized carbons (Fsp3) is 0.632. The number of nitro benzene ring substituents is 2. The van der Waals surface area contributed by atoms with E-state index in [1.165, 1.54) is 6.07 Å². The minimum Gasteiger partial charge on any atom is -0.379 e. The van der Waals surface area contributed by atoms with Crippen molar-refractivity contribution in [3.63, 3.8) is 0 Å². The summed E-state index contributed by atoms with van der Waals surface area (Å²) in [5.41, 5.74) is -2.09. The van der Waals surface area contributed by atoms with E-state index in [9.17, 15) is 33.4 Å². The van der Waals surface area contributed by atoms with E-state index in [1.807, 2.05) is 0 Å². The van der Waals surface area contributed by atoms with Crippen LogP contribution in [0.5, 0.6) is 0 Å². The third kappa shape index (κ3) is 8.96. The Bertz CT molecular complexity index is 1030. The average molecular weight is 582 g/mol. The molecule has 0 atom stereocenters. The van der Waals surface area contributed by atoms with Gasteiger partial charge >= 0.3 is 5.69 Å². The number of rotatable bonds is 14. The van der Waals surface area contributed by atoms with Crippen LogP contribution in [-0.2, 0) is 25.5 Å². The first kappa shape index (κ1) is 28.8. The number of alkyl halides is 1. The summed E-state index contributed by atoms with van der Waals surface area (Å²) in [6.07, 6.45) is 1.53. The molecule has 1 aromatic rings. The Kier molecular flexibility index (Phi) is 11.2. The Hall–Kier alpha value is -2.40. The molecule has 196 valence electrons. The van der Waals surface area contributed by atoms with Gasteiger partial charge in [-0.05, 0) is 25.5 Å². The maximum absolute atomic E-state index is 13.0. The van der Waals surface area contributed by atoms with Crippen molar-refractivity contribution >= 4 is 49.0 Å². The van der Waals surface area contributed by atoms with Crippen molar-refractivity contribution in [2.24, 2.45) is 0 Å². The first-order valence-electron chi connectivity index (χ1n) is 10.8. The first-order valence-corrected chi connectivity index (χ1v) is 13.7. The lowest BCUT2D eigenvalue weighted by molar-refractivity contribution is -0.394. The van der Waals surface area contributed by atoms with E-state index in [2.05, 4.69) is 35.6 Å². The molecule has 0 radical (unpaired) electrons. The Labute approximate surface area is 210 Å². The fourth-order valence-corrected chi connectivity index (χ4v) is 4.37. The zero-order chi connectivity index (χ0) is 26.0. The predicted octanol–water partition coefficient (Wildman–Crippen LogP) is 1.28. The molecule has 35 heavy (non-hydrogen) atoms. The minimum atomic E-state index is -3.73. The number of carbonyl (C=O) groups excluding carboxylic acids is 1. The van der Waals surface area contributed by atoms with Crippen LogP contribution in [0.2, 0.25) is 0 Å². The molecule has 0 aromatic heterocycles. The van der Waals surface area contributed by atoms with E-state index >= 15 is 0 Å². The van der Waals surface area contributed by atoms with Crippen LogP contribution < -0.4 is 10.6 Å². The number of amides is 1. The molecule has 2 rings (SSSR count). The molecule has 14 nitrogen and oxygen atoms in total. The van der Waals surface area contributed by atoms with Gasteiger partial charge in [0, 0.05) is 37.1 Å². The molecule has 0 spiro atoms. The monoisotopic (exact) mass is 581 g/mol. The van der Waals surface area contributed by atoms with E-state index in [0.717, 1.165) is 19.3 Å². The van der Waals surface area contributed by atoms with Gasteiger partial charge in [-0.3, -0.25) is 34.1 Å². The number of benzene rings is 1. The SMILES string of the molecule is CS(=O)(=O)OCCNc1cc(CCBr)c([N+](=O)[O-])c(C(=O)NCCCN2CCOCC2)c1[N+](=O)[O-]. The largest absolute Gasteiger partial charge is 0.379 e. The number of morpholine rings is 1. The number of ether oxygens (including phenoxy) is 1. The maximum atomic E-state index is 13.0. The highest BCUT2D eigenvalue weighted by Crippen LogP contribution is 2.39. The molecule has 1 saturated heterocycles. The van der Waals surface area contributed by atoms with E-state index in [0.29, 0.717) is 31.5 Å².